The van der Waals surface area contributed by atoms with Crippen LogP contribution < -0.4 is 4.80 Å². The van der Waals surface area contributed by atoms with Crippen molar-refractivity contribution in [3.05, 3.63) is 52.8 Å². The van der Waals surface area contributed by atoms with Gasteiger partial charge in [0.25, 0.3) is 0 Å². The van der Waals surface area contributed by atoms with E-state index in [1.807, 2.05) is 12.1 Å². The first-order valence-electron chi connectivity index (χ1n) is 11.3. The van der Waals surface area contributed by atoms with E-state index in [9.17, 15) is 8.42 Å². The van der Waals surface area contributed by atoms with Crippen LogP contribution in [0.5, 0.6) is 0 Å². The standard InChI is InChI=1S/C24H31N3O4S2/c1-18(2)6-7-19(3)27-22(23-5-4-14-31-23)17-32-24(27)25-20-8-10-21(11-9-20)33(28,29)26-12-15-30-16-13-26/h4-5,8-11,14,17-19H,6-7,12-13,15-16H2,1-3H3. The molecule has 0 radical (unpaired) electrons. The minimum atomic E-state index is -3.52. The van der Waals surface area contributed by atoms with Crippen molar-refractivity contribution in [1.82, 2.24) is 8.87 Å². The van der Waals surface area contributed by atoms with Gasteiger partial charge in [-0.2, -0.15) is 4.31 Å². The van der Waals surface area contributed by atoms with Gasteiger partial charge in [0.1, 0.15) is 0 Å². The van der Waals surface area contributed by atoms with E-state index in [0.29, 0.717) is 37.9 Å². The van der Waals surface area contributed by atoms with Gasteiger partial charge >= 0.3 is 0 Å². The number of rotatable bonds is 8. The number of sulfonamides is 1. The summed E-state index contributed by atoms with van der Waals surface area (Å²) in [6.07, 6.45) is 3.84. The quantitative estimate of drug-likeness (QED) is 0.443. The molecule has 1 aromatic carbocycles. The van der Waals surface area contributed by atoms with Crippen molar-refractivity contribution in [1.29, 1.82) is 0 Å². The average molecular weight is 490 g/mol. The summed E-state index contributed by atoms with van der Waals surface area (Å²) in [6.45, 7) is 8.29. The van der Waals surface area contributed by atoms with Crippen molar-refractivity contribution in [3.8, 4) is 11.5 Å². The van der Waals surface area contributed by atoms with Gasteiger partial charge in [-0.25, -0.2) is 13.4 Å². The number of morpholine rings is 1. The van der Waals surface area contributed by atoms with Crippen LogP contribution in [0.4, 0.5) is 5.69 Å². The molecular weight excluding hydrogens is 458 g/mol. The van der Waals surface area contributed by atoms with Crippen LogP contribution in [0.3, 0.4) is 0 Å². The van der Waals surface area contributed by atoms with Crippen LogP contribution in [0.15, 0.2) is 62.3 Å². The molecule has 1 unspecified atom stereocenters. The summed E-state index contributed by atoms with van der Waals surface area (Å²) in [6, 6.07) is 10.9. The third kappa shape index (κ3) is 5.48. The monoisotopic (exact) mass is 489 g/mol. The molecule has 1 saturated heterocycles. The number of nitrogens with zero attached hydrogens (tertiary/aromatic N) is 3. The van der Waals surface area contributed by atoms with Crippen molar-refractivity contribution in [3.63, 3.8) is 0 Å². The maximum Gasteiger partial charge on any atom is 0.243 e. The largest absolute Gasteiger partial charge is 0.463 e. The van der Waals surface area contributed by atoms with Crippen molar-refractivity contribution >= 4 is 27.0 Å². The molecule has 0 amide bonds. The zero-order valence-electron chi connectivity index (χ0n) is 19.3. The fourth-order valence-corrected chi connectivity index (χ4v) is 6.28. The molecule has 1 aliphatic heterocycles. The molecule has 0 aliphatic carbocycles. The SMILES string of the molecule is CC(C)CCC(C)n1c(-c2ccco2)csc1=Nc1ccc(S(=O)(=O)N2CCOCC2)cc1. The van der Waals surface area contributed by atoms with Crippen molar-refractivity contribution in [2.24, 2.45) is 10.9 Å². The predicted molar refractivity (Wildman–Crippen MR) is 130 cm³/mol. The number of furan rings is 1. The normalized spacial score (nSPS) is 17.0. The Hall–Kier alpha value is -2.20. The smallest absolute Gasteiger partial charge is 0.243 e. The first-order chi connectivity index (χ1) is 15.9. The Labute approximate surface area is 199 Å². The Morgan fingerprint density at radius 3 is 2.42 bits per heavy atom. The minimum absolute atomic E-state index is 0.249. The van der Waals surface area contributed by atoms with Gasteiger partial charge < -0.3 is 13.7 Å². The summed E-state index contributed by atoms with van der Waals surface area (Å²) < 4.78 is 40.4. The minimum Gasteiger partial charge on any atom is -0.463 e. The molecule has 3 aromatic rings. The Kier molecular flexibility index (Phi) is 7.53. The summed E-state index contributed by atoms with van der Waals surface area (Å²) in [4.78, 5) is 6.01. The Morgan fingerprint density at radius 2 is 1.79 bits per heavy atom. The second kappa shape index (κ2) is 10.4. The van der Waals surface area contributed by atoms with E-state index >= 15 is 0 Å². The van der Waals surface area contributed by atoms with Gasteiger partial charge in [0.05, 0.1) is 35.8 Å². The highest BCUT2D eigenvalue weighted by Crippen LogP contribution is 2.27. The predicted octanol–water partition coefficient (Wildman–Crippen LogP) is 5.06. The zero-order valence-corrected chi connectivity index (χ0v) is 20.9. The van der Waals surface area contributed by atoms with E-state index in [1.54, 1.807) is 41.9 Å². The maximum atomic E-state index is 12.9. The van der Waals surface area contributed by atoms with Crippen LogP contribution >= 0.6 is 11.3 Å². The van der Waals surface area contributed by atoms with Crippen molar-refractivity contribution < 1.29 is 17.6 Å². The van der Waals surface area contributed by atoms with Crippen LogP contribution in [-0.4, -0.2) is 43.6 Å². The highest BCUT2D eigenvalue weighted by Gasteiger charge is 2.26. The molecule has 1 fully saturated rings. The molecule has 0 bridgehead atoms. The lowest BCUT2D eigenvalue weighted by atomic mass is 10.0. The Bertz CT molecular complexity index is 1200. The lowest BCUT2D eigenvalue weighted by Crippen LogP contribution is -2.40. The molecule has 2 aromatic heterocycles. The molecule has 0 spiro atoms. The van der Waals surface area contributed by atoms with Crippen LogP contribution in [0.2, 0.25) is 0 Å². The van der Waals surface area contributed by atoms with Crippen LogP contribution in [0.25, 0.3) is 11.5 Å². The topological polar surface area (TPSA) is 77.0 Å². The van der Waals surface area contributed by atoms with Crippen molar-refractivity contribution in [2.45, 2.75) is 44.6 Å². The number of aromatic nitrogens is 1. The van der Waals surface area contributed by atoms with Gasteiger partial charge in [0, 0.05) is 24.5 Å². The van der Waals surface area contributed by atoms with Gasteiger partial charge in [-0.15, -0.1) is 11.3 Å². The third-order valence-electron chi connectivity index (χ3n) is 5.79. The van der Waals surface area contributed by atoms with E-state index in [0.717, 1.165) is 29.1 Å². The molecule has 1 atom stereocenters. The highest BCUT2D eigenvalue weighted by atomic mass is 32.2. The zero-order chi connectivity index (χ0) is 23.4. The number of hydrogen-bond donors (Lipinski definition) is 0. The van der Waals surface area contributed by atoms with Gasteiger partial charge in [-0.05, 0) is 62.1 Å². The van der Waals surface area contributed by atoms with E-state index < -0.39 is 10.0 Å². The molecule has 0 N–H and O–H groups in total. The molecule has 0 saturated carbocycles. The molecule has 9 heteroatoms. The van der Waals surface area contributed by atoms with E-state index in [1.165, 1.54) is 4.31 Å². The summed E-state index contributed by atoms with van der Waals surface area (Å²) in [7, 11) is -3.52. The van der Waals surface area contributed by atoms with E-state index in [2.05, 4.69) is 30.7 Å². The number of ether oxygens (including phenoxy) is 1. The van der Waals surface area contributed by atoms with E-state index in [4.69, 9.17) is 14.1 Å². The van der Waals surface area contributed by atoms with Gasteiger partial charge in [-0.1, -0.05) is 13.8 Å². The molecule has 3 heterocycles. The molecule has 178 valence electrons. The van der Waals surface area contributed by atoms with E-state index in [-0.39, 0.29) is 10.9 Å². The molecular formula is C24H31N3O4S2. The Balaban J connectivity index is 1.66. The molecule has 1 aliphatic rings. The van der Waals surface area contributed by atoms with Gasteiger partial charge in [0.15, 0.2) is 10.6 Å². The highest BCUT2D eigenvalue weighted by molar-refractivity contribution is 7.89. The van der Waals surface area contributed by atoms with Gasteiger partial charge in [-0.3, -0.25) is 0 Å². The summed E-state index contributed by atoms with van der Waals surface area (Å²) in [5.41, 5.74) is 1.72. The lowest BCUT2D eigenvalue weighted by Gasteiger charge is -2.26. The third-order valence-corrected chi connectivity index (χ3v) is 8.54. The fraction of sp³-hybridized carbons (Fsp3) is 0.458. The number of thiazole rings is 1. The Morgan fingerprint density at radius 1 is 1.06 bits per heavy atom. The summed E-state index contributed by atoms with van der Waals surface area (Å²) in [5.74, 6) is 1.44. The molecule has 33 heavy (non-hydrogen) atoms. The average Bonchev–Trinajstić information content (AvgIpc) is 3.48. The second-order valence-electron chi connectivity index (χ2n) is 8.69. The van der Waals surface area contributed by atoms with Gasteiger partial charge in [0.2, 0.25) is 10.0 Å². The molecule has 7 nitrogen and oxygen atoms in total. The van der Waals surface area contributed by atoms with Crippen molar-refractivity contribution in [2.75, 3.05) is 26.3 Å². The lowest BCUT2D eigenvalue weighted by molar-refractivity contribution is 0.0730. The maximum absolute atomic E-state index is 12.9. The first-order valence-corrected chi connectivity index (χ1v) is 13.6. The fourth-order valence-electron chi connectivity index (χ4n) is 3.88. The molecule has 4 rings (SSSR count). The van der Waals surface area contributed by atoms with Crippen LogP contribution in [0.1, 0.15) is 39.7 Å². The summed E-state index contributed by atoms with van der Waals surface area (Å²) in [5, 5.41) is 2.07. The van der Waals surface area contributed by atoms with Crippen LogP contribution in [0, 0.1) is 5.92 Å². The number of hydrogen-bond acceptors (Lipinski definition) is 6. The second-order valence-corrected chi connectivity index (χ2v) is 11.5. The number of benzene rings is 1. The summed E-state index contributed by atoms with van der Waals surface area (Å²) >= 11 is 1.56. The first kappa shape index (κ1) is 23.9. The van der Waals surface area contributed by atoms with Crippen LogP contribution in [-0.2, 0) is 14.8 Å².